The summed E-state index contributed by atoms with van der Waals surface area (Å²) in [5.41, 5.74) is 0. The number of carbonyl (C=O) groups is 3. The van der Waals surface area contributed by atoms with Crippen molar-refractivity contribution in [1.82, 2.24) is 15.5 Å². The van der Waals surface area contributed by atoms with Gasteiger partial charge < -0.3 is 20.6 Å². The van der Waals surface area contributed by atoms with E-state index in [1.807, 2.05) is 13.8 Å². The minimum absolute atomic E-state index is 0.0149. The maximum Gasteiger partial charge on any atom is 0.317 e. The van der Waals surface area contributed by atoms with Gasteiger partial charge in [-0.1, -0.05) is 0 Å². The Balaban J connectivity index is 2.43. The molecule has 108 valence electrons. The Morgan fingerprint density at radius 2 is 2.21 bits per heavy atom. The number of rotatable bonds is 6. The minimum atomic E-state index is -0.866. The lowest BCUT2D eigenvalue weighted by Gasteiger charge is -2.28. The highest BCUT2D eigenvalue weighted by atomic mass is 16.4. The highest BCUT2D eigenvalue weighted by Gasteiger charge is 2.25. The molecule has 0 aromatic carbocycles. The van der Waals surface area contributed by atoms with E-state index in [4.69, 9.17) is 5.11 Å². The van der Waals surface area contributed by atoms with Crippen molar-refractivity contribution in [2.24, 2.45) is 0 Å². The summed E-state index contributed by atoms with van der Waals surface area (Å²) in [7, 11) is 0. The SMILES string of the molecule is CC(C)N(CCCC(=O)O)C(=O)NC1CNC(=O)C1. The summed E-state index contributed by atoms with van der Waals surface area (Å²) in [5, 5.41) is 14.0. The fourth-order valence-electron chi connectivity index (χ4n) is 1.96. The lowest BCUT2D eigenvalue weighted by atomic mass is 10.2. The number of carboxylic acid groups (broad SMARTS) is 1. The number of amides is 3. The highest BCUT2D eigenvalue weighted by Crippen LogP contribution is 2.05. The van der Waals surface area contributed by atoms with Gasteiger partial charge in [-0.2, -0.15) is 0 Å². The summed E-state index contributed by atoms with van der Waals surface area (Å²) in [5.74, 6) is -0.929. The largest absolute Gasteiger partial charge is 0.481 e. The van der Waals surface area contributed by atoms with Crippen LogP contribution < -0.4 is 10.6 Å². The van der Waals surface area contributed by atoms with Crippen LogP contribution in [-0.2, 0) is 9.59 Å². The number of hydrogen-bond acceptors (Lipinski definition) is 3. The van der Waals surface area contributed by atoms with Crippen molar-refractivity contribution in [3.05, 3.63) is 0 Å². The first-order valence-electron chi connectivity index (χ1n) is 6.45. The third kappa shape index (κ3) is 5.15. The predicted octanol–water partition coefficient (Wildman–Crippen LogP) is 0.160. The zero-order valence-electron chi connectivity index (χ0n) is 11.3. The van der Waals surface area contributed by atoms with Crippen LogP contribution in [0.15, 0.2) is 0 Å². The van der Waals surface area contributed by atoms with E-state index in [9.17, 15) is 14.4 Å². The molecule has 0 aliphatic carbocycles. The second-order valence-corrected chi connectivity index (χ2v) is 4.94. The number of carbonyl (C=O) groups excluding carboxylic acids is 2. The Morgan fingerprint density at radius 3 is 2.68 bits per heavy atom. The Morgan fingerprint density at radius 1 is 1.53 bits per heavy atom. The van der Waals surface area contributed by atoms with Crippen LogP contribution >= 0.6 is 0 Å². The zero-order valence-corrected chi connectivity index (χ0v) is 11.3. The first kappa shape index (κ1) is 15.3. The minimum Gasteiger partial charge on any atom is -0.481 e. The maximum atomic E-state index is 12.1. The first-order valence-corrected chi connectivity index (χ1v) is 6.45. The van der Waals surface area contributed by atoms with Gasteiger partial charge in [-0.25, -0.2) is 4.79 Å². The van der Waals surface area contributed by atoms with Crippen LogP contribution in [0.3, 0.4) is 0 Å². The van der Waals surface area contributed by atoms with Gasteiger partial charge in [-0.05, 0) is 20.3 Å². The van der Waals surface area contributed by atoms with Crippen molar-refractivity contribution in [3.63, 3.8) is 0 Å². The summed E-state index contributed by atoms with van der Waals surface area (Å²) in [4.78, 5) is 35.2. The molecule has 19 heavy (non-hydrogen) atoms. The van der Waals surface area contributed by atoms with E-state index in [1.165, 1.54) is 0 Å². The van der Waals surface area contributed by atoms with Crippen molar-refractivity contribution in [2.45, 2.75) is 45.2 Å². The van der Waals surface area contributed by atoms with Crippen LogP contribution in [0.4, 0.5) is 4.79 Å². The van der Waals surface area contributed by atoms with Gasteiger partial charge in [-0.15, -0.1) is 0 Å². The number of urea groups is 1. The summed E-state index contributed by atoms with van der Waals surface area (Å²) >= 11 is 0. The standard InChI is InChI=1S/C12H21N3O4/c1-8(2)15(5-3-4-11(17)18)12(19)14-9-6-10(16)13-7-9/h8-9H,3-7H2,1-2H3,(H,13,16)(H,14,19)(H,17,18). The summed E-state index contributed by atoms with van der Waals surface area (Å²) in [6, 6.07) is -0.443. The van der Waals surface area contributed by atoms with Crippen LogP contribution in [0.25, 0.3) is 0 Å². The van der Waals surface area contributed by atoms with Crippen LogP contribution in [0.5, 0.6) is 0 Å². The number of aliphatic carboxylic acids is 1. The van der Waals surface area contributed by atoms with Crippen LogP contribution in [0, 0.1) is 0 Å². The molecule has 0 radical (unpaired) electrons. The maximum absolute atomic E-state index is 12.1. The molecule has 0 aromatic heterocycles. The molecule has 7 heteroatoms. The van der Waals surface area contributed by atoms with Gasteiger partial charge in [0.15, 0.2) is 0 Å². The van der Waals surface area contributed by atoms with Crippen molar-refractivity contribution in [1.29, 1.82) is 0 Å². The molecular weight excluding hydrogens is 250 g/mol. The quantitative estimate of drug-likeness (QED) is 0.641. The molecule has 7 nitrogen and oxygen atoms in total. The molecule has 0 saturated carbocycles. The van der Waals surface area contributed by atoms with Gasteiger partial charge in [-0.3, -0.25) is 9.59 Å². The molecule has 0 aromatic rings. The smallest absolute Gasteiger partial charge is 0.317 e. The van der Waals surface area contributed by atoms with Gasteiger partial charge >= 0.3 is 12.0 Å². The van der Waals surface area contributed by atoms with Crippen molar-refractivity contribution >= 4 is 17.9 Å². The third-order valence-electron chi connectivity index (χ3n) is 2.98. The van der Waals surface area contributed by atoms with E-state index in [2.05, 4.69) is 10.6 Å². The topological polar surface area (TPSA) is 98.7 Å². The molecule has 0 spiro atoms. The van der Waals surface area contributed by atoms with Gasteiger partial charge in [0.05, 0.1) is 6.04 Å². The van der Waals surface area contributed by atoms with E-state index >= 15 is 0 Å². The molecule has 1 atom stereocenters. The number of hydrogen-bond donors (Lipinski definition) is 3. The van der Waals surface area contributed by atoms with E-state index in [0.717, 1.165) is 0 Å². The van der Waals surface area contributed by atoms with E-state index in [1.54, 1.807) is 4.90 Å². The second kappa shape index (κ2) is 6.96. The van der Waals surface area contributed by atoms with Crippen molar-refractivity contribution in [2.75, 3.05) is 13.1 Å². The third-order valence-corrected chi connectivity index (χ3v) is 2.98. The molecule has 1 heterocycles. The molecule has 1 saturated heterocycles. The summed E-state index contributed by atoms with van der Waals surface area (Å²) in [6.07, 6.45) is 0.759. The number of nitrogens with one attached hydrogen (secondary N) is 2. The van der Waals surface area contributed by atoms with Gasteiger partial charge in [0.25, 0.3) is 0 Å². The fraction of sp³-hybridized carbons (Fsp3) is 0.750. The number of nitrogens with zero attached hydrogens (tertiary/aromatic N) is 1. The molecule has 3 amide bonds. The lowest BCUT2D eigenvalue weighted by Crippen LogP contribution is -2.48. The highest BCUT2D eigenvalue weighted by molar-refractivity contribution is 5.81. The van der Waals surface area contributed by atoms with Crippen molar-refractivity contribution in [3.8, 4) is 0 Å². The normalized spacial score (nSPS) is 18.3. The Kier molecular flexibility index (Phi) is 5.59. The van der Waals surface area contributed by atoms with Crippen LogP contribution in [-0.4, -0.2) is 53.1 Å². The molecular formula is C12H21N3O4. The fourth-order valence-corrected chi connectivity index (χ4v) is 1.96. The molecule has 1 rings (SSSR count). The molecule has 3 N–H and O–H groups in total. The molecule has 1 aliphatic rings. The summed E-state index contributed by atoms with van der Waals surface area (Å²) < 4.78 is 0. The molecule has 0 bridgehead atoms. The average molecular weight is 271 g/mol. The first-order chi connectivity index (χ1) is 8.90. The average Bonchev–Trinajstić information content (AvgIpc) is 2.69. The van der Waals surface area contributed by atoms with E-state index in [0.29, 0.717) is 25.9 Å². The van der Waals surface area contributed by atoms with Crippen LogP contribution in [0.1, 0.15) is 33.1 Å². The monoisotopic (exact) mass is 271 g/mol. The summed E-state index contributed by atoms with van der Waals surface area (Å²) in [6.45, 7) is 4.59. The van der Waals surface area contributed by atoms with E-state index < -0.39 is 5.97 Å². The Labute approximate surface area is 112 Å². The predicted molar refractivity (Wildman–Crippen MR) is 68.7 cm³/mol. The van der Waals surface area contributed by atoms with Crippen LogP contribution in [0.2, 0.25) is 0 Å². The van der Waals surface area contributed by atoms with Gasteiger partial charge in [0.1, 0.15) is 0 Å². The van der Waals surface area contributed by atoms with Crippen molar-refractivity contribution < 1.29 is 19.5 Å². The molecule has 1 unspecified atom stereocenters. The second-order valence-electron chi connectivity index (χ2n) is 4.94. The lowest BCUT2D eigenvalue weighted by molar-refractivity contribution is -0.137. The Hall–Kier alpha value is -1.79. The molecule has 1 aliphatic heterocycles. The molecule has 1 fully saturated rings. The van der Waals surface area contributed by atoms with Gasteiger partial charge in [0, 0.05) is 32.0 Å². The van der Waals surface area contributed by atoms with E-state index in [-0.39, 0.29) is 30.4 Å². The van der Waals surface area contributed by atoms with Gasteiger partial charge in [0.2, 0.25) is 5.91 Å². The zero-order chi connectivity index (χ0) is 14.4. The Bertz CT molecular complexity index is 357. The number of carboxylic acids is 1.